The van der Waals surface area contributed by atoms with Gasteiger partial charge in [0, 0.05) is 17.1 Å². The summed E-state index contributed by atoms with van der Waals surface area (Å²) in [6.07, 6.45) is -1.15. The molecule has 4 nitrogen and oxygen atoms in total. The average Bonchev–Trinajstić information content (AvgIpc) is 2.79. The van der Waals surface area contributed by atoms with Gasteiger partial charge in [0.15, 0.2) is 6.10 Å². The molecular formula is C13H15NO3. The number of fused-ring (bicyclic) bond motifs is 1. The van der Waals surface area contributed by atoms with E-state index in [0.29, 0.717) is 0 Å². The molecule has 0 fully saturated rings. The number of H-pyrrole nitrogens is 1. The Hall–Kier alpha value is -1.81. The standard InChI is InChI=1S/C13H15NO3/c1-8(12(15)13(16)17-2)11-7-9-5-3-4-6-10(9)14-11/h3-8,12,14-15H,1-2H3. The van der Waals surface area contributed by atoms with Gasteiger partial charge in [-0.25, -0.2) is 4.79 Å². The summed E-state index contributed by atoms with van der Waals surface area (Å²) in [6, 6.07) is 9.75. The van der Waals surface area contributed by atoms with E-state index in [2.05, 4.69) is 9.72 Å². The van der Waals surface area contributed by atoms with Crippen LogP contribution in [0.2, 0.25) is 0 Å². The quantitative estimate of drug-likeness (QED) is 0.795. The minimum absolute atomic E-state index is 0.324. The van der Waals surface area contributed by atoms with Gasteiger partial charge in [0.25, 0.3) is 0 Å². The van der Waals surface area contributed by atoms with Crippen LogP contribution in [-0.4, -0.2) is 29.3 Å². The number of hydrogen-bond acceptors (Lipinski definition) is 3. The number of aromatic nitrogens is 1. The van der Waals surface area contributed by atoms with Crippen LogP contribution in [0.5, 0.6) is 0 Å². The number of para-hydroxylation sites is 1. The second-order valence-corrected chi connectivity index (χ2v) is 4.07. The van der Waals surface area contributed by atoms with Crippen LogP contribution >= 0.6 is 0 Å². The molecule has 0 saturated heterocycles. The zero-order chi connectivity index (χ0) is 12.4. The minimum Gasteiger partial charge on any atom is -0.467 e. The summed E-state index contributed by atoms with van der Waals surface area (Å²) in [5.41, 5.74) is 1.82. The predicted molar refractivity (Wildman–Crippen MR) is 64.7 cm³/mol. The van der Waals surface area contributed by atoms with Crippen LogP contribution in [0, 0.1) is 0 Å². The van der Waals surface area contributed by atoms with Crippen LogP contribution in [0.15, 0.2) is 30.3 Å². The number of rotatable bonds is 3. The fraction of sp³-hybridized carbons (Fsp3) is 0.308. The van der Waals surface area contributed by atoms with E-state index in [1.807, 2.05) is 30.3 Å². The summed E-state index contributed by atoms with van der Waals surface area (Å²) < 4.78 is 4.53. The number of methoxy groups -OCH3 is 1. The van der Waals surface area contributed by atoms with Gasteiger partial charge >= 0.3 is 5.97 Å². The maximum absolute atomic E-state index is 11.3. The third-order valence-corrected chi connectivity index (χ3v) is 2.96. The van der Waals surface area contributed by atoms with Crippen molar-refractivity contribution in [2.45, 2.75) is 18.9 Å². The molecule has 2 atom stereocenters. The molecule has 0 aliphatic heterocycles. The monoisotopic (exact) mass is 233 g/mol. The SMILES string of the molecule is COC(=O)C(O)C(C)c1cc2ccccc2[nH]1. The highest BCUT2D eigenvalue weighted by Crippen LogP contribution is 2.23. The van der Waals surface area contributed by atoms with Crippen molar-refractivity contribution in [2.75, 3.05) is 7.11 Å². The maximum atomic E-state index is 11.3. The zero-order valence-corrected chi connectivity index (χ0v) is 9.81. The van der Waals surface area contributed by atoms with Gasteiger partial charge in [0.1, 0.15) is 0 Å². The Morgan fingerprint density at radius 3 is 2.76 bits per heavy atom. The van der Waals surface area contributed by atoms with Gasteiger partial charge in [-0.15, -0.1) is 0 Å². The summed E-state index contributed by atoms with van der Waals surface area (Å²) >= 11 is 0. The fourth-order valence-electron chi connectivity index (χ4n) is 1.84. The number of aromatic amines is 1. The first-order chi connectivity index (χ1) is 8.13. The topological polar surface area (TPSA) is 62.3 Å². The molecule has 2 aromatic rings. The number of carbonyl (C=O) groups is 1. The normalized spacial score (nSPS) is 14.5. The van der Waals surface area contributed by atoms with E-state index in [9.17, 15) is 9.90 Å². The van der Waals surface area contributed by atoms with Gasteiger partial charge in [-0.1, -0.05) is 25.1 Å². The van der Waals surface area contributed by atoms with Crippen molar-refractivity contribution in [1.29, 1.82) is 0 Å². The largest absolute Gasteiger partial charge is 0.467 e. The predicted octanol–water partition coefficient (Wildman–Crippen LogP) is 1.81. The number of ether oxygens (including phenoxy) is 1. The van der Waals surface area contributed by atoms with E-state index in [1.165, 1.54) is 7.11 Å². The van der Waals surface area contributed by atoms with Crippen molar-refractivity contribution in [2.24, 2.45) is 0 Å². The Labute approximate surface area is 99.2 Å². The van der Waals surface area contributed by atoms with Crippen LogP contribution in [0.25, 0.3) is 10.9 Å². The number of aliphatic hydroxyl groups is 1. The van der Waals surface area contributed by atoms with Crippen LogP contribution in [0.4, 0.5) is 0 Å². The van der Waals surface area contributed by atoms with E-state index in [0.717, 1.165) is 16.6 Å². The van der Waals surface area contributed by atoms with Crippen molar-refractivity contribution < 1.29 is 14.6 Å². The Kier molecular flexibility index (Phi) is 3.15. The Morgan fingerprint density at radius 2 is 2.12 bits per heavy atom. The van der Waals surface area contributed by atoms with E-state index in [1.54, 1.807) is 6.92 Å². The van der Waals surface area contributed by atoms with Crippen molar-refractivity contribution in [3.8, 4) is 0 Å². The maximum Gasteiger partial charge on any atom is 0.335 e. The second kappa shape index (κ2) is 4.59. The van der Waals surface area contributed by atoms with Crippen molar-refractivity contribution >= 4 is 16.9 Å². The zero-order valence-electron chi connectivity index (χ0n) is 9.81. The summed E-state index contributed by atoms with van der Waals surface area (Å²) in [5.74, 6) is -0.939. The molecule has 2 rings (SSSR count). The summed E-state index contributed by atoms with van der Waals surface area (Å²) in [7, 11) is 1.27. The van der Waals surface area contributed by atoms with E-state index in [-0.39, 0.29) is 5.92 Å². The molecule has 0 aliphatic carbocycles. The molecular weight excluding hydrogens is 218 g/mol. The number of hydrogen-bond donors (Lipinski definition) is 2. The van der Waals surface area contributed by atoms with Gasteiger partial charge < -0.3 is 14.8 Å². The number of carbonyl (C=O) groups excluding carboxylic acids is 1. The molecule has 17 heavy (non-hydrogen) atoms. The molecule has 0 aliphatic rings. The van der Waals surface area contributed by atoms with Crippen LogP contribution < -0.4 is 0 Å². The molecule has 1 heterocycles. The lowest BCUT2D eigenvalue weighted by molar-refractivity contribution is -0.151. The van der Waals surface area contributed by atoms with Gasteiger partial charge in [0.05, 0.1) is 7.11 Å². The summed E-state index contributed by atoms with van der Waals surface area (Å²) in [6.45, 7) is 1.78. The average molecular weight is 233 g/mol. The molecule has 0 radical (unpaired) electrons. The van der Waals surface area contributed by atoms with Gasteiger partial charge in [-0.3, -0.25) is 0 Å². The number of nitrogens with one attached hydrogen (secondary N) is 1. The molecule has 1 aromatic carbocycles. The lowest BCUT2D eigenvalue weighted by Crippen LogP contribution is -2.27. The lowest BCUT2D eigenvalue weighted by atomic mass is 10.0. The number of aliphatic hydroxyl groups excluding tert-OH is 1. The Balaban J connectivity index is 2.30. The first-order valence-corrected chi connectivity index (χ1v) is 5.47. The fourth-order valence-corrected chi connectivity index (χ4v) is 1.84. The van der Waals surface area contributed by atoms with Crippen LogP contribution in [0.3, 0.4) is 0 Å². The third-order valence-electron chi connectivity index (χ3n) is 2.96. The summed E-state index contributed by atoms with van der Waals surface area (Å²) in [4.78, 5) is 14.4. The van der Waals surface area contributed by atoms with Gasteiger partial charge in [-0.05, 0) is 17.5 Å². The molecule has 1 aromatic heterocycles. The number of esters is 1. The second-order valence-electron chi connectivity index (χ2n) is 4.07. The highest BCUT2D eigenvalue weighted by Gasteiger charge is 2.25. The molecule has 2 unspecified atom stereocenters. The highest BCUT2D eigenvalue weighted by molar-refractivity contribution is 5.81. The molecule has 4 heteroatoms. The van der Waals surface area contributed by atoms with Crippen LogP contribution in [0.1, 0.15) is 18.5 Å². The smallest absolute Gasteiger partial charge is 0.335 e. The van der Waals surface area contributed by atoms with Crippen molar-refractivity contribution in [3.05, 3.63) is 36.0 Å². The van der Waals surface area contributed by atoms with Crippen molar-refractivity contribution in [3.63, 3.8) is 0 Å². The van der Waals surface area contributed by atoms with Gasteiger partial charge in [0.2, 0.25) is 0 Å². The first-order valence-electron chi connectivity index (χ1n) is 5.47. The first kappa shape index (κ1) is 11.7. The van der Waals surface area contributed by atoms with Gasteiger partial charge in [-0.2, -0.15) is 0 Å². The molecule has 0 bridgehead atoms. The third kappa shape index (κ3) is 2.17. The van der Waals surface area contributed by atoms with E-state index in [4.69, 9.17) is 0 Å². The number of benzene rings is 1. The van der Waals surface area contributed by atoms with E-state index < -0.39 is 12.1 Å². The highest BCUT2D eigenvalue weighted by atomic mass is 16.5. The molecule has 0 spiro atoms. The Bertz CT molecular complexity index is 499. The molecule has 2 N–H and O–H groups in total. The minimum atomic E-state index is -1.15. The lowest BCUT2D eigenvalue weighted by Gasteiger charge is -2.15. The van der Waals surface area contributed by atoms with Crippen molar-refractivity contribution in [1.82, 2.24) is 4.98 Å². The Morgan fingerprint density at radius 1 is 1.41 bits per heavy atom. The molecule has 0 amide bonds. The summed E-state index contributed by atoms with van der Waals surface area (Å²) in [5, 5.41) is 10.8. The van der Waals surface area contributed by atoms with Crippen LogP contribution in [-0.2, 0) is 9.53 Å². The molecule has 0 saturated carbocycles. The van der Waals surface area contributed by atoms with E-state index >= 15 is 0 Å². The molecule has 90 valence electrons.